The second kappa shape index (κ2) is 2.59. The Labute approximate surface area is 83.8 Å². The van der Waals surface area contributed by atoms with Gasteiger partial charge in [0.15, 0.2) is 5.78 Å². The van der Waals surface area contributed by atoms with Crippen molar-refractivity contribution in [3.8, 4) is 0 Å². The van der Waals surface area contributed by atoms with E-state index < -0.39 is 5.41 Å². The highest BCUT2D eigenvalue weighted by Gasteiger charge is 2.65. The zero-order valence-electron chi connectivity index (χ0n) is 8.92. The van der Waals surface area contributed by atoms with Gasteiger partial charge in [0.1, 0.15) is 5.41 Å². The molecule has 2 fully saturated rings. The molecule has 0 N–H and O–H groups in total. The van der Waals surface area contributed by atoms with Crippen LogP contribution in [0.15, 0.2) is 0 Å². The molecule has 0 heterocycles. The van der Waals surface area contributed by atoms with Gasteiger partial charge in [-0.3, -0.25) is 9.59 Å². The van der Waals surface area contributed by atoms with Crippen LogP contribution in [0.25, 0.3) is 0 Å². The summed E-state index contributed by atoms with van der Waals surface area (Å²) in [5.74, 6) is 0.137. The van der Waals surface area contributed by atoms with Crippen LogP contribution in [0, 0.1) is 16.7 Å². The molecule has 2 atom stereocenters. The Morgan fingerprint density at radius 2 is 2.14 bits per heavy atom. The molecule has 0 aromatic carbocycles. The molecule has 0 radical (unpaired) electrons. The first kappa shape index (κ1) is 9.69. The van der Waals surface area contributed by atoms with E-state index in [1.54, 1.807) is 0 Å². The Kier molecular flexibility index (Phi) is 1.79. The minimum atomic E-state index is -0.789. The van der Waals surface area contributed by atoms with Gasteiger partial charge in [-0.05, 0) is 25.2 Å². The molecule has 0 saturated heterocycles. The molecule has 0 aromatic heterocycles. The minimum absolute atomic E-state index is 0.0908. The maximum atomic E-state index is 12.1. The lowest BCUT2D eigenvalue weighted by Gasteiger charge is -2.31. The fourth-order valence-corrected chi connectivity index (χ4v) is 3.14. The number of ketones is 1. The predicted octanol–water partition coefficient (Wildman–Crippen LogP) is 1.55. The van der Waals surface area contributed by atoms with Gasteiger partial charge in [0.25, 0.3) is 0 Å². The van der Waals surface area contributed by atoms with Gasteiger partial charge in [-0.2, -0.15) is 0 Å². The van der Waals surface area contributed by atoms with Crippen molar-refractivity contribution in [1.29, 1.82) is 0 Å². The summed E-state index contributed by atoms with van der Waals surface area (Å²) < 4.78 is 4.76. The van der Waals surface area contributed by atoms with E-state index in [0.29, 0.717) is 18.8 Å². The number of esters is 1. The van der Waals surface area contributed by atoms with Crippen molar-refractivity contribution in [2.45, 2.75) is 33.1 Å². The van der Waals surface area contributed by atoms with E-state index in [9.17, 15) is 9.59 Å². The summed E-state index contributed by atoms with van der Waals surface area (Å²) in [4.78, 5) is 23.8. The summed E-state index contributed by atoms with van der Waals surface area (Å²) >= 11 is 0. The number of methoxy groups -OCH3 is 1. The molecule has 0 aliphatic heterocycles. The number of ether oxygens (including phenoxy) is 1. The number of carbonyl (C=O) groups is 2. The first-order valence-corrected chi connectivity index (χ1v) is 5.08. The number of carbonyl (C=O) groups excluding carboxylic acids is 2. The zero-order chi connectivity index (χ0) is 10.6. The second-order valence-corrected chi connectivity index (χ2v) is 5.06. The maximum absolute atomic E-state index is 12.1. The van der Waals surface area contributed by atoms with Gasteiger partial charge in [0.2, 0.25) is 0 Å². The largest absolute Gasteiger partial charge is 0.468 e. The van der Waals surface area contributed by atoms with Crippen LogP contribution in [0.1, 0.15) is 33.1 Å². The van der Waals surface area contributed by atoms with Gasteiger partial charge in [-0.15, -0.1) is 0 Å². The zero-order valence-corrected chi connectivity index (χ0v) is 8.92. The molecule has 2 saturated carbocycles. The molecule has 0 amide bonds. The number of Topliss-reactive ketones (excluding diaryl/α,β-unsaturated/α-hetero) is 1. The first-order valence-electron chi connectivity index (χ1n) is 5.08. The SMILES string of the molecule is COC(=O)[C@@]12CC[C@@H](C1)C(C)(C)C2=O. The van der Waals surface area contributed by atoms with Crippen molar-refractivity contribution in [2.24, 2.45) is 16.7 Å². The molecule has 2 bridgehead atoms. The van der Waals surface area contributed by atoms with Crippen LogP contribution >= 0.6 is 0 Å². The predicted molar refractivity (Wildman–Crippen MR) is 50.6 cm³/mol. The van der Waals surface area contributed by atoms with Crippen molar-refractivity contribution in [2.75, 3.05) is 7.11 Å². The summed E-state index contributed by atoms with van der Waals surface area (Å²) in [5.41, 5.74) is -1.12. The summed E-state index contributed by atoms with van der Waals surface area (Å²) in [7, 11) is 1.36. The van der Waals surface area contributed by atoms with Gasteiger partial charge < -0.3 is 4.74 Å². The fraction of sp³-hybridized carbons (Fsp3) is 0.818. The molecule has 3 heteroatoms. The Morgan fingerprint density at radius 1 is 1.50 bits per heavy atom. The van der Waals surface area contributed by atoms with Crippen LogP contribution in [0.2, 0.25) is 0 Å². The lowest BCUT2D eigenvalue weighted by Crippen LogP contribution is -2.42. The highest BCUT2D eigenvalue weighted by molar-refractivity contribution is 6.08. The first-order chi connectivity index (χ1) is 6.45. The van der Waals surface area contributed by atoms with E-state index in [0.717, 1.165) is 6.42 Å². The van der Waals surface area contributed by atoms with E-state index in [1.165, 1.54) is 7.11 Å². The molecule has 14 heavy (non-hydrogen) atoms. The molecule has 78 valence electrons. The van der Waals surface area contributed by atoms with Gasteiger partial charge in [0, 0.05) is 5.41 Å². The Hall–Kier alpha value is -0.860. The highest BCUT2D eigenvalue weighted by Crippen LogP contribution is 2.60. The van der Waals surface area contributed by atoms with Gasteiger partial charge in [0.05, 0.1) is 7.11 Å². The fourth-order valence-electron chi connectivity index (χ4n) is 3.14. The van der Waals surface area contributed by atoms with Crippen molar-refractivity contribution in [1.82, 2.24) is 0 Å². The van der Waals surface area contributed by atoms with Crippen LogP contribution in [0.5, 0.6) is 0 Å². The molecule has 3 nitrogen and oxygen atoms in total. The smallest absolute Gasteiger partial charge is 0.319 e. The van der Waals surface area contributed by atoms with Gasteiger partial charge in [-0.25, -0.2) is 0 Å². The van der Waals surface area contributed by atoms with E-state index in [-0.39, 0.29) is 17.2 Å². The van der Waals surface area contributed by atoms with Crippen LogP contribution in [0.3, 0.4) is 0 Å². The molecule has 0 spiro atoms. The van der Waals surface area contributed by atoms with Crippen molar-refractivity contribution in [3.05, 3.63) is 0 Å². The average molecular weight is 196 g/mol. The van der Waals surface area contributed by atoms with E-state index in [2.05, 4.69) is 0 Å². The Bertz CT molecular complexity index is 306. The minimum Gasteiger partial charge on any atom is -0.468 e. The normalized spacial score (nSPS) is 38.8. The molecule has 0 unspecified atom stereocenters. The van der Waals surface area contributed by atoms with Gasteiger partial charge in [-0.1, -0.05) is 13.8 Å². The maximum Gasteiger partial charge on any atom is 0.319 e. The number of fused-ring (bicyclic) bond motifs is 2. The van der Waals surface area contributed by atoms with Crippen molar-refractivity contribution < 1.29 is 14.3 Å². The van der Waals surface area contributed by atoms with Crippen LogP contribution in [0.4, 0.5) is 0 Å². The summed E-state index contributed by atoms with van der Waals surface area (Å²) in [6.45, 7) is 3.90. The number of hydrogen-bond acceptors (Lipinski definition) is 3. The highest BCUT2D eigenvalue weighted by atomic mass is 16.5. The van der Waals surface area contributed by atoms with E-state index >= 15 is 0 Å². The molecule has 2 rings (SSSR count). The van der Waals surface area contributed by atoms with Crippen molar-refractivity contribution in [3.63, 3.8) is 0 Å². The lowest BCUT2D eigenvalue weighted by atomic mass is 9.71. The Morgan fingerprint density at radius 3 is 2.57 bits per heavy atom. The second-order valence-electron chi connectivity index (χ2n) is 5.06. The molecule has 2 aliphatic rings. The van der Waals surface area contributed by atoms with Crippen LogP contribution in [-0.2, 0) is 14.3 Å². The number of hydrogen-bond donors (Lipinski definition) is 0. The Balaban J connectivity index is 2.40. The quantitative estimate of drug-likeness (QED) is 0.472. The molecular weight excluding hydrogens is 180 g/mol. The van der Waals surface area contributed by atoms with Gasteiger partial charge >= 0.3 is 5.97 Å². The molecular formula is C11H16O3. The topological polar surface area (TPSA) is 43.4 Å². The lowest BCUT2D eigenvalue weighted by molar-refractivity contribution is -0.158. The third-order valence-electron chi connectivity index (χ3n) is 4.13. The third kappa shape index (κ3) is 0.877. The molecule has 2 aliphatic carbocycles. The monoisotopic (exact) mass is 196 g/mol. The summed E-state index contributed by atoms with van der Waals surface area (Å²) in [6, 6.07) is 0. The van der Waals surface area contributed by atoms with Crippen LogP contribution in [-0.4, -0.2) is 18.9 Å². The van der Waals surface area contributed by atoms with E-state index in [4.69, 9.17) is 4.74 Å². The van der Waals surface area contributed by atoms with Crippen LogP contribution < -0.4 is 0 Å². The third-order valence-corrected chi connectivity index (χ3v) is 4.13. The molecule has 0 aromatic rings. The average Bonchev–Trinajstić information content (AvgIpc) is 2.66. The summed E-state index contributed by atoms with van der Waals surface area (Å²) in [6.07, 6.45) is 2.37. The standard InChI is InChI=1S/C11H16O3/c1-10(2)7-4-5-11(6-7,8(10)12)9(13)14-3/h7H,4-6H2,1-3H3/t7-,11-/m0/s1. The van der Waals surface area contributed by atoms with E-state index in [1.807, 2.05) is 13.8 Å². The summed E-state index contributed by atoms with van der Waals surface area (Å²) in [5, 5.41) is 0. The number of rotatable bonds is 1. The van der Waals surface area contributed by atoms with Crippen molar-refractivity contribution >= 4 is 11.8 Å².